The van der Waals surface area contributed by atoms with Crippen molar-refractivity contribution in [3.63, 3.8) is 0 Å². The number of hydrogen-bond acceptors (Lipinski definition) is 1. The molecule has 2 rings (SSSR count). The van der Waals surface area contributed by atoms with Crippen molar-refractivity contribution in [1.29, 1.82) is 0 Å². The van der Waals surface area contributed by atoms with Crippen LogP contribution in [0, 0.1) is 0 Å². The maximum Gasteiger partial charge on any atom is 0.106 e. The first-order valence-electron chi connectivity index (χ1n) is 11.2. The van der Waals surface area contributed by atoms with Gasteiger partial charge in [-0.05, 0) is 18.4 Å². The van der Waals surface area contributed by atoms with Crippen LogP contribution < -0.4 is 5.32 Å². The predicted molar refractivity (Wildman–Crippen MR) is 127 cm³/mol. The van der Waals surface area contributed by atoms with Crippen LogP contribution in [0.5, 0.6) is 0 Å². The van der Waals surface area contributed by atoms with Crippen LogP contribution in [0.15, 0.2) is 60.7 Å². The van der Waals surface area contributed by atoms with Crippen LogP contribution in [0.2, 0.25) is 0 Å². The highest BCUT2D eigenvalue weighted by Crippen LogP contribution is 2.14. The molecule has 2 aromatic carbocycles. The van der Waals surface area contributed by atoms with Crippen molar-refractivity contribution in [3.05, 3.63) is 71.8 Å². The lowest BCUT2D eigenvalue weighted by Crippen LogP contribution is -2.35. The lowest BCUT2D eigenvalue weighted by Gasteiger charge is -2.21. The third-order valence-electron chi connectivity index (χ3n) is 5.35. The van der Waals surface area contributed by atoms with E-state index in [9.17, 15) is 0 Å². The largest absolute Gasteiger partial charge is 0.373 e. The Labute approximate surface area is 178 Å². The second-order valence-corrected chi connectivity index (χ2v) is 8.25. The van der Waals surface area contributed by atoms with Gasteiger partial charge in [0.05, 0.1) is 0 Å². The van der Waals surface area contributed by atoms with Crippen LogP contribution in [0.3, 0.4) is 0 Å². The number of rotatable bonds is 14. The number of hydrogen-bond donors (Lipinski definition) is 1. The van der Waals surface area contributed by atoms with Gasteiger partial charge in [-0.3, -0.25) is 0 Å². The van der Waals surface area contributed by atoms with Gasteiger partial charge in [-0.2, -0.15) is 0 Å². The predicted octanol–water partition coefficient (Wildman–Crippen LogP) is 7.48. The van der Waals surface area contributed by atoms with Crippen molar-refractivity contribution in [2.75, 3.05) is 0 Å². The van der Waals surface area contributed by atoms with Crippen LogP contribution in [0.25, 0.3) is 0 Å². The number of nitrogens with one attached hydrogen (secondary N) is 1. The minimum atomic E-state index is 0.402. The smallest absolute Gasteiger partial charge is 0.106 e. The fourth-order valence-corrected chi connectivity index (χ4v) is 3.99. The van der Waals surface area contributed by atoms with Crippen LogP contribution in [0.4, 0.5) is 0 Å². The van der Waals surface area contributed by atoms with Crippen LogP contribution >= 0.6 is 12.2 Å². The molecule has 0 radical (unpaired) electrons. The molecule has 1 atom stereocenters. The summed E-state index contributed by atoms with van der Waals surface area (Å²) in [6, 6.07) is 21.5. The average Bonchev–Trinajstić information content (AvgIpc) is 2.74. The van der Waals surface area contributed by atoms with Gasteiger partial charge in [0.2, 0.25) is 0 Å². The molecule has 0 aromatic heterocycles. The summed E-state index contributed by atoms with van der Waals surface area (Å²) < 4.78 is 0. The van der Waals surface area contributed by atoms with Gasteiger partial charge < -0.3 is 5.32 Å². The Hall–Kier alpha value is -1.67. The van der Waals surface area contributed by atoms with Crippen molar-refractivity contribution >= 4 is 17.2 Å². The molecule has 1 N–H and O–H groups in total. The van der Waals surface area contributed by atoms with Gasteiger partial charge in [0.15, 0.2) is 0 Å². The maximum absolute atomic E-state index is 5.67. The molecular weight excluding hydrogens is 358 g/mol. The van der Waals surface area contributed by atoms with Gasteiger partial charge in [0.25, 0.3) is 0 Å². The molecule has 0 fully saturated rings. The molecule has 2 aromatic rings. The van der Waals surface area contributed by atoms with E-state index >= 15 is 0 Å². The summed E-state index contributed by atoms with van der Waals surface area (Å²) in [7, 11) is 0. The minimum absolute atomic E-state index is 0.402. The molecule has 1 nitrogen and oxygen atoms in total. The fourth-order valence-electron chi connectivity index (χ4n) is 3.68. The summed E-state index contributed by atoms with van der Waals surface area (Å²) in [6.45, 7) is 2.28. The van der Waals surface area contributed by atoms with E-state index < -0.39 is 0 Å². The SMILES string of the molecule is CCCCCCCCCCCC(Cc1ccccc1)NC(=S)c1ccccc1. The van der Waals surface area contributed by atoms with E-state index in [-0.39, 0.29) is 0 Å². The van der Waals surface area contributed by atoms with E-state index in [4.69, 9.17) is 12.2 Å². The second kappa shape index (κ2) is 14.3. The first kappa shape index (κ1) is 22.6. The first-order valence-corrected chi connectivity index (χ1v) is 11.6. The van der Waals surface area contributed by atoms with Gasteiger partial charge in [0.1, 0.15) is 4.99 Å². The van der Waals surface area contributed by atoms with Crippen LogP contribution in [-0.2, 0) is 6.42 Å². The maximum atomic E-state index is 5.67. The van der Waals surface area contributed by atoms with E-state index in [1.807, 2.05) is 6.07 Å². The molecule has 0 saturated carbocycles. The number of unbranched alkanes of at least 4 members (excludes halogenated alkanes) is 8. The normalized spacial score (nSPS) is 11.9. The topological polar surface area (TPSA) is 12.0 Å². The van der Waals surface area contributed by atoms with Crippen LogP contribution in [-0.4, -0.2) is 11.0 Å². The molecular formula is C26H37NS. The van der Waals surface area contributed by atoms with E-state index in [0.717, 1.165) is 17.0 Å². The summed E-state index contributed by atoms with van der Waals surface area (Å²) in [4.78, 5) is 0.873. The van der Waals surface area contributed by atoms with Crippen molar-refractivity contribution in [3.8, 4) is 0 Å². The van der Waals surface area contributed by atoms with Crippen molar-refractivity contribution in [2.45, 2.75) is 83.6 Å². The van der Waals surface area contributed by atoms with Gasteiger partial charge in [0, 0.05) is 11.6 Å². The zero-order valence-electron chi connectivity index (χ0n) is 17.5. The van der Waals surface area contributed by atoms with E-state index in [1.54, 1.807) is 0 Å². The van der Waals surface area contributed by atoms with Crippen LogP contribution in [0.1, 0.15) is 82.3 Å². The Balaban J connectivity index is 1.75. The zero-order chi connectivity index (χ0) is 19.9. The van der Waals surface area contributed by atoms with E-state index in [0.29, 0.717) is 6.04 Å². The lowest BCUT2D eigenvalue weighted by atomic mass is 9.99. The summed E-state index contributed by atoms with van der Waals surface area (Å²) in [6.07, 6.45) is 14.5. The Morgan fingerprint density at radius 2 is 1.29 bits per heavy atom. The van der Waals surface area contributed by atoms with Gasteiger partial charge in [-0.15, -0.1) is 0 Å². The molecule has 0 saturated heterocycles. The molecule has 2 heteroatoms. The van der Waals surface area contributed by atoms with Gasteiger partial charge in [-0.1, -0.05) is 138 Å². The highest BCUT2D eigenvalue weighted by atomic mass is 32.1. The quantitative estimate of drug-likeness (QED) is 0.263. The minimum Gasteiger partial charge on any atom is -0.373 e. The zero-order valence-corrected chi connectivity index (χ0v) is 18.4. The third-order valence-corrected chi connectivity index (χ3v) is 5.71. The first-order chi connectivity index (χ1) is 13.8. The molecule has 0 spiro atoms. The van der Waals surface area contributed by atoms with Crippen molar-refractivity contribution < 1.29 is 0 Å². The van der Waals surface area contributed by atoms with E-state index in [2.05, 4.69) is 66.8 Å². The molecule has 0 heterocycles. The number of benzene rings is 2. The third kappa shape index (κ3) is 9.50. The Morgan fingerprint density at radius 1 is 0.750 bits per heavy atom. The molecule has 28 heavy (non-hydrogen) atoms. The monoisotopic (exact) mass is 395 g/mol. The molecule has 0 bridgehead atoms. The van der Waals surface area contributed by atoms with Crippen molar-refractivity contribution in [1.82, 2.24) is 5.32 Å². The Bertz CT molecular complexity index is 638. The molecule has 0 amide bonds. The highest BCUT2D eigenvalue weighted by Gasteiger charge is 2.12. The molecule has 0 aliphatic heterocycles. The summed E-state index contributed by atoms with van der Waals surface area (Å²) >= 11 is 5.67. The molecule has 1 unspecified atom stereocenters. The van der Waals surface area contributed by atoms with E-state index in [1.165, 1.54) is 69.8 Å². The Kier molecular flexibility index (Phi) is 11.6. The Morgan fingerprint density at radius 3 is 1.89 bits per heavy atom. The van der Waals surface area contributed by atoms with Crippen molar-refractivity contribution in [2.24, 2.45) is 0 Å². The molecule has 0 aliphatic rings. The second-order valence-electron chi connectivity index (χ2n) is 7.84. The number of thiocarbonyl (C=S) groups is 1. The summed E-state index contributed by atoms with van der Waals surface area (Å²) in [5.41, 5.74) is 2.49. The standard InChI is InChI=1S/C26H37NS/c1-2-3-4-5-6-7-8-9-16-21-25(22-23-17-12-10-13-18-23)27-26(28)24-19-14-11-15-20-24/h10-15,17-20,25H,2-9,16,21-22H2,1H3,(H,27,28). The van der Waals surface area contributed by atoms with Gasteiger partial charge in [-0.25, -0.2) is 0 Å². The highest BCUT2D eigenvalue weighted by molar-refractivity contribution is 7.80. The lowest BCUT2D eigenvalue weighted by molar-refractivity contribution is 0.500. The molecule has 0 aliphatic carbocycles. The summed E-state index contributed by atoms with van der Waals surface area (Å²) in [5.74, 6) is 0. The average molecular weight is 396 g/mol. The fraction of sp³-hybridized carbons (Fsp3) is 0.500. The molecule has 152 valence electrons. The van der Waals surface area contributed by atoms with Gasteiger partial charge >= 0.3 is 0 Å². The summed E-state index contributed by atoms with van der Waals surface area (Å²) in [5, 5.41) is 3.64.